The maximum atomic E-state index is 12.7. The number of carboxylic acids is 1. The first-order valence-corrected chi connectivity index (χ1v) is 7.70. The van der Waals surface area contributed by atoms with Gasteiger partial charge in [0.25, 0.3) is 0 Å². The normalized spacial score (nSPS) is 38.2. The van der Waals surface area contributed by atoms with Crippen LogP contribution >= 0.6 is 0 Å². The molecule has 19 heavy (non-hydrogen) atoms. The third-order valence-corrected chi connectivity index (χ3v) is 5.46. The summed E-state index contributed by atoms with van der Waals surface area (Å²) in [6, 6.07) is 0. The molecule has 3 saturated carbocycles. The van der Waals surface area contributed by atoms with Crippen molar-refractivity contribution in [3.05, 3.63) is 0 Å². The van der Waals surface area contributed by atoms with Gasteiger partial charge < -0.3 is 10.0 Å². The van der Waals surface area contributed by atoms with Gasteiger partial charge >= 0.3 is 5.97 Å². The minimum absolute atomic E-state index is 0.140. The van der Waals surface area contributed by atoms with Gasteiger partial charge in [0.05, 0.1) is 11.8 Å². The number of hydrogen-bond donors (Lipinski definition) is 1. The number of nitrogens with zero attached hydrogens (tertiary/aromatic N) is 1. The molecule has 106 valence electrons. The van der Waals surface area contributed by atoms with Crippen LogP contribution in [0.3, 0.4) is 0 Å². The van der Waals surface area contributed by atoms with Crippen LogP contribution in [0.2, 0.25) is 0 Å². The Morgan fingerprint density at radius 2 is 1.37 bits per heavy atom. The highest BCUT2D eigenvalue weighted by Crippen LogP contribution is 2.49. The summed E-state index contributed by atoms with van der Waals surface area (Å²) >= 11 is 0. The number of carbonyl (C=O) groups is 2. The topological polar surface area (TPSA) is 57.6 Å². The Morgan fingerprint density at radius 3 is 1.89 bits per heavy atom. The van der Waals surface area contributed by atoms with Crippen LogP contribution < -0.4 is 0 Å². The highest BCUT2D eigenvalue weighted by atomic mass is 16.4. The van der Waals surface area contributed by atoms with E-state index >= 15 is 0 Å². The van der Waals surface area contributed by atoms with Gasteiger partial charge in [0.2, 0.25) is 5.91 Å². The zero-order valence-corrected chi connectivity index (χ0v) is 11.4. The third-order valence-electron chi connectivity index (χ3n) is 5.46. The summed E-state index contributed by atoms with van der Waals surface area (Å²) < 4.78 is 0. The lowest BCUT2D eigenvalue weighted by atomic mass is 9.58. The number of aliphatic carboxylic acids is 1. The molecule has 0 aromatic rings. The number of amides is 1. The average Bonchev–Trinajstić information content (AvgIpc) is 2.47. The number of hydrogen-bond acceptors (Lipinski definition) is 2. The van der Waals surface area contributed by atoms with Crippen molar-refractivity contribution in [2.24, 2.45) is 23.7 Å². The maximum Gasteiger partial charge on any atom is 0.307 e. The molecule has 2 atom stereocenters. The quantitative estimate of drug-likeness (QED) is 0.832. The highest BCUT2D eigenvalue weighted by molar-refractivity contribution is 5.85. The van der Waals surface area contributed by atoms with Crippen LogP contribution in [0.4, 0.5) is 0 Å². The van der Waals surface area contributed by atoms with Crippen LogP contribution in [0.15, 0.2) is 0 Å². The van der Waals surface area contributed by atoms with E-state index in [1.165, 1.54) is 6.42 Å². The molecule has 3 aliphatic carbocycles. The van der Waals surface area contributed by atoms with Crippen molar-refractivity contribution in [2.45, 2.75) is 44.9 Å². The molecule has 4 heteroatoms. The molecule has 0 radical (unpaired) electrons. The predicted octanol–water partition coefficient (Wildman–Crippen LogP) is 2.14. The molecule has 2 bridgehead atoms. The first-order chi connectivity index (χ1) is 9.18. The van der Waals surface area contributed by atoms with Crippen molar-refractivity contribution in [1.29, 1.82) is 0 Å². The van der Waals surface area contributed by atoms with Crippen LogP contribution in [0.25, 0.3) is 0 Å². The highest BCUT2D eigenvalue weighted by Gasteiger charge is 2.51. The van der Waals surface area contributed by atoms with E-state index in [0.717, 1.165) is 51.6 Å². The molecule has 0 aromatic heterocycles. The molecule has 0 spiro atoms. The van der Waals surface area contributed by atoms with Crippen LogP contribution in [0, 0.1) is 23.7 Å². The molecule has 1 amide bonds. The molecule has 4 rings (SSSR count). The summed E-state index contributed by atoms with van der Waals surface area (Å²) in [5.41, 5.74) is 0. The smallest absolute Gasteiger partial charge is 0.307 e. The Morgan fingerprint density at radius 1 is 0.842 bits per heavy atom. The fourth-order valence-electron chi connectivity index (χ4n) is 4.49. The molecule has 0 unspecified atom stereocenters. The summed E-state index contributed by atoms with van der Waals surface area (Å²) in [7, 11) is 0. The Bertz CT molecular complexity index is 368. The summed E-state index contributed by atoms with van der Waals surface area (Å²) in [6.07, 6.45) is 7.46. The summed E-state index contributed by atoms with van der Waals surface area (Å²) in [5.74, 6) is -0.696. The lowest BCUT2D eigenvalue weighted by molar-refractivity contribution is -0.162. The number of rotatable bonds is 2. The number of fused-ring (bicyclic) bond motifs is 3. The second-order valence-corrected chi connectivity index (χ2v) is 6.45. The van der Waals surface area contributed by atoms with E-state index in [-0.39, 0.29) is 17.7 Å². The van der Waals surface area contributed by atoms with Gasteiger partial charge in [-0.25, -0.2) is 0 Å². The van der Waals surface area contributed by atoms with Gasteiger partial charge in [-0.3, -0.25) is 9.59 Å². The first-order valence-electron chi connectivity index (χ1n) is 7.70. The van der Waals surface area contributed by atoms with Gasteiger partial charge in [0.15, 0.2) is 0 Å². The standard InChI is InChI=1S/C15H23NO3/c17-14(16-8-2-1-3-9-16)12-10-4-6-11(7-5-10)13(12)15(18)19/h10-13H,1-9H2,(H,18,19)/t10?,11?,12-,13+/m0/s1. The van der Waals surface area contributed by atoms with Crippen molar-refractivity contribution >= 4 is 11.9 Å². The number of piperidine rings is 1. The van der Waals surface area contributed by atoms with Crippen molar-refractivity contribution in [1.82, 2.24) is 4.90 Å². The van der Waals surface area contributed by atoms with E-state index < -0.39 is 11.9 Å². The monoisotopic (exact) mass is 265 g/mol. The average molecular weight is 265 g/mol. The Balaban J connectivity index is 1.80. The summed E-state index contributed by atoms with van der Waals surface area (Å²) in [6.45, 7) is 1.66. The van der Waals surface area contributed by atoms with Gasteiger partial charge in [0.1, 0.15) is 0 Å². The van der Waals surface area contributed by atoms with E-state index in [0.29, 0.717) is 5.92 Å². The predicted molar refractivity (Wildman–Crippen MR) is 70.5 cm³/mol. The van der Waals surface area contributed by atoms with Crippen LogP contribution in [-0.2, 0) is 9.59 Å². The van der Waals surface area contributed by atoms with Gasteiger partial charge in [-0.05, 0) is 56.8 Å². The summed E-state index contributed by atoms with van der Waals surface area (Å²) in [4.78, 5) is 26.2. The zero-order valence-electron chi connectivity index (χ0n) is 11.4. The Hall–Kier alpha value is -1.06. The molecular weight excluding hydrogens is 242 g/mol. The second kappa shape index (κ2) is 5.14. The molecule has 1 aliphatic heterocycles. The van der Waals surface area contributed by atoms with E-state index in [2.05, 4.69) is 0 Å². The number of likely N-dealkylation sites (tertiary alicyclic amines) is 1. The van der Waals surface area contributed by atoms with Crippen molar-refractivity contribution in [2.75, 3.05) is 13.1 Å². The summed E-state index contributed by atoms with van der Waals surface area (Å²) in [5, 5.41) is 9.51. The molecule has 1 heterocycles. The van der Waals surface area contributed by atoms with Gasteiger partial charge in [-0.15, -0.1) is 0 Å². The molecular formula is C15H23NO3. The Kier molecular flexibility index (Phi) is 3.50. The molecule has 4 aliphatic rings. The SMILES string of the molecule is O=C(O)[C@@H]1C2CCC(CC2)[C@@H]1C(=O)N1CCCCC1. The molecule has 1 N–H and O–H groups in total. The van der Waals surface area contributed by atoms with Crippen LogP contribution in [0.1, 0.15) is 44.9 Å². The van der Waals surface area contributed by atoms with Crippen LogP contribution in [-0.4, -0.2) is 35.0 Å². The lowest BCUT2D eigenvalue weighted by Crippen LogP contribution is -2.52. The molecule has 4 fully saturated rings. The van der Waals surface area contributed by atoms with E-state index in [1.54, 1.807) is 0 Å². The van der Waals surface area contributed by atoms with E-state index in [4.69, 9.17) is 0 Å². The van der Waals surface area contributed by atoms with E-state index in [1.807, 2.05) is 4.90 Å². The molecule has 4 nitrogen and oxygen atoms in total. The minimum Gasteiger partial charge on any atom is -0.481 e. The fourth-order valence-corrected chi connectivity index (χ4v) is 4.49. The number of carbonyl (C=O) groups excluding carboxylic acids is 1. The minimum atomic E-state index is -0.746. The maximum absolute atomic E-state index is 12.7. The van der Waals surface area contributed by atoms with Crippen molar-refractivity contribution < 1.29 is 14.7 Å². The molecule has 0 aromatic carbocycles. The van der Waals surface area contributed by atoms with E-state index in [9.17, 15) is 14.7 Å². The third kappa shape index (κ3) is 2.26. The van der Waals surface area contributed by atoms with Crippen LogP contribution in [0.5, 0.6) is 0 Å². The Labute approximate surface area is 114 Å². The second-order valence-electron chi connectivity index (χ2n) is 6.45. The molecule has 1 saturated heterocycles. The number of carboxylic acid groups (broad SMARTS) is 1. The largest absolute Gasteiger partial charge is 0.481 e. The van der Waals surface area contributed by atoms with Gasteiger partial charge in [-0.1, -0.05) is 0 Å². The van der Waals surface area contributed by atoms with Gasteiger partial charge in [-0.2, -0.15) is 0 Å². The first kappa shape index (κ1) is 12.9. The van der Waals surface area contributed by atoms with Crippen molar-refractivity contribution in [3.8, 4) is 0 Å². The zero-order chi connectivity index (χ0) is 13.4. The lowest BCUT2D eigenvalue weighted by Gasteiger charge is -2.47. The fraction of sp³-hybridized carbons (Fsp3) is 0.867. The van der Waals surface area contributed by atoms with Gasteiger partial charge in [0, 0.05) is 13.1 Å². The van der Waals surface area contributed by atoms with Crippen molar-refractivity contribution in [3.63, 3.8) is 0 Å².